The van der Waals surface area contributed by atoms with Crippen LogP contribution in [0.1, 0.15) is 50.2 Å². The number of amides is 2. The summed E-state index contributed by atoms with van der Waals surface area (Å²) in [5.74, 6) is -0.991. The van der Waals surface area contributed by atoms with E-state index >= 15 is 0 Å². The Kier molecular flexibility index (Phi) is 5.91. The fourth-order valence-corrected chi connectivity index (χ4v) is 4.35. The molecule has 0 aliphatic heterocycles. The molecule has 27 heavy (non-hydrogen) atoms. The molecule has 0 saturated heterocycles. The van der Waals surface area contributed by atoms with Crippen LogP contribution in [0.5, 0.6) is 0 Å². The molecule has 1 heterocycles. The number of primary amides is 1. The molecule has 0 fully saturated rings. The average molecular weight is 386 g/mol. The summed E-state index contributed by atoms with van der Waals surface area (Å²) in [4.78, 5) is 37.5. The lowest BCUT2D eigenvalue weighted by molar-refractivity contribution is -0.119. The smallest absolute Gasteiger partial charge is 0.348 e. The average Bonchev–Trinajstić information content (AvgIpc) is 3.09. The van der Waals surface area contributed by atoms with E-state index in [4.69, 9.17) is 10.5 Å². The largest absolute Gasteiger partial charge is 0.451 e. The number of carbonyl (C=O) groups is 3. The fraction of sp³-hybridized carbons (Fsp3) is 0.350. The van der Waals surface area contributed by atoms with Crippen LogP contribution in [0.15, 0.2) is 30.3 Å². The molecular formula is C20H22N2O4S. The van der Waals surface area contributed by atoms with Crippen LogP contribution >= 0.6 is 11.3 Å². The van der Waals surface area contributed by atoms with Gasteiger partial charge in [-0.2, -0.15) is 0 Å². The van der Waals surface area contributed by atoms with Crippen molar-refractivity contribution in [3.63, 3.8) is 0 Å². The van der Waals surface area contributed by atoms with Gasteiger partial charge in [-0.3, -0.25) is 9.59 Å². The number of nitrogens with two attached hydrogens (primary N) is 1. The summed E-state index contributed by atoms with van der Waals surface area (Å²) >= 11 is 1.45. The number of fused-ring (bicyclic) bond motifs is 1. The van der Waals surface area contributed by atoms with Crippen LogP contribution in [0.2, 0.25) is 0 Å². The Morgan fingerprint density at radius 2 is 2.07 bits per heavy atom. The van der Waals surface area contributed by atoms with Gasteiger partial charge < -0.3 is 15.8 Å². The molecule has 0 unspecified atom stereocenters. The van der Waals surface area contributed by atoms with Gasteiger partial charge in [0.1, 0.15) is 4.88 Å². The molecule has 0 saturated carbocycles. The highest BCUT2D eigenvalue weighted by Gasteiger charge is 2.23. The van der Waals surface area contributed by atoms with Crippen LogP contribution in [0.3, 0.4) is 0 Å². The maximum Gasteiger partial charge on any atom is 0.348 e. The highest BCUT2D eigenvalue weighted by molar-refractivity contribution is 7.14. The molecule has 2 amide bonds. The summed E-state index contributed by atoms with van der Waals surface area (Å²) in [5.41, 5.74) is 7.01. The molecule has 3 N–H and O–H groups in total. The fourth-order valence-electron chi connectivity index (χ4n) is 3.24. The number of esters is 1. The minimum Gasteiger partial charge on any atom is -0.451 e. The number of aryl methyl sites for hydroxylation is 1. The first-order valence-corrected chi connectivity index (χ1v) is 9.77. The Balaban J connectivity index is 1.58. The van der Waals surface area contributed by atoms with Crippen molar-refractivity contribution in [1.29, 1.82) is 0 Å². The zero-order valence-electron chi connectivity index (χ0n) is 15.1. The van der Waals surface area contributed by atoms with E-state index in [1.807, 2.05) is 6.07 Å². The third kappa shape index (κ3) is 4.54. The molecule has 1 aliphatic carbocycles. The molecule has 0 spiro atoms. The summed E-state index contributed by atoms with van der Waals surface area (Å²) < 4.78 is 5.14. The maximum absolute atomic E-state index is 12.3. The van der Waals surface area contributed by atoms with Gasteiger partial charge in [-0.05, 0) is 48.9 Å². The minimum atomic E-state index is -0.641. The molecule has 0 bridgehead atoms. The second-order valence-electron chi connectivity index (χ2n) is 6.61. The third-order valence-corrected chi connectivity index (χ3v) is 5.98. The zero-order valence-corrected chi connectivity index (χ0v) is 15.9. The quantitative estimate of drug-likeness (QED) is 0.745. The molecule has 1 aromatic heterocycles. The maximum atomic E-state index is 12.3. The standard InChI is InChI=1S/C20H22N2O4S/c1-2-12-7-8-16-13(9-12)10-17(27-16)20(25)26-11-18(23)22-15-6-4-3-5-14(15)19(21)24/h3-6,10,12H,2,7-9,11H2,1H3,(H2,21,24)(H,22,23)/t12-/m1/s1. The van der Waals surface area contributed by atoms with Gasteiger partial charge in [-0.15, -0.1) is 11.3 Å². The number of thiophene rings is 1. The highest BCUT2D eigenvalue weighted by atomic mass is 32.1. The lowest BCUT2D eigenvalue weighted by Crippen LogP contribution is -2.23. The van der Waals surface area contributed by atoms with E-state index in [1.165, 1.54) is 27.8 Å². The summed E-state index contributed by atoms with van der Waals surface area (Å²) in [5, 5.41) is 2.55. The summed E-state index contributed by atoms with van der Waals surface area (Å²) in [6.45, 7) is 1.76. The lowest BCUT2D eigenvalue weighted by atomic mass is 9.87. The van der Waals surface area contributed by atoms with Crippen molar-refractivity contribution >= 4 is 34.8 Å². The van der Waals surface area contributed by atoms with Crippen LogP contribution in [-0.4, -0.2) is 24.4 Å². The van der Waals surface area contributed by atoms with E-state index in [0.717, 1.165) is 25.7 Å². The van der Waals surface area contributed by atoms with Crippen LogP contribution in [-0.2, 0) is 22.4 Å². The number of rotatable bonds is 6. The number of para-hydroxylation sites is 1. The predicted octanol–water partition coefficient (Wildman–Crippen LogP) is 3.16. The second-order valence-corrected chi connectivity index (χ2v) is 7.75. The van der Waals surface area contributed by atoms with Gasteiger partial charge in [0.25, 0.3) is 11.8 Å². The first-order valence-electron chi connectivity index (χ1n) is 8.95. The molecule has 6 nitrogen and oxygen atoms in total. The SMILES string of the molecule is CC[C@@H]1CCc2sc(C(=O)OCC(=O)Nc3ccccc3C(N)=O)cc2C1. The number of ether oxygens (including phenoxy) is 1. The molecule has 3 rings (SSSR count). The van der Waals surface area contributed by atoms with Gasteiger partial charge in [0, 0.05) is 4.88 Å². The van der Waals surface area contributed by atoms with Crippen molar-refractivity contribution in [3.05, 3.63) is 51.2 Å². The Hall–Kier alpha value is -2.67. The van der Waals surface area contributed by atoms with E-state index in [0.29, 0.717) is 16.5 Å². The zero-order chi connectivity index (χ0) is 19.4. The first-order chi connectivity index (χ1) is 13.0. The van der Waals surface area contributed by atoms with Gasteiger partial charge in [-0.25, -0.2) is 4.79 Å². The van der Waals surface area contributed by atoms with Gasteiger partial charge in [0.05, 0.1) is 11.3 Å². The van der Waals surface area contributed by atoms with Gasteiger partial charge >= 0.3 is 5.97 Å². The van der Waals surface area contributed by atoms with Crippen molar-refractivity contribution in [1.82, 2.24) is 0 Å². The molecule has 2 aromatic rings. The number of hydrogen-bond donors (Lipinski definition) is 2. The van der Waals surface area contributed by atoms with Crippen LogP contribution in [0, 0.1) is 5.92 Å². The first kappa shape index (κ1) is 19.1. The molecule has 0 radical (unpaired) electrons. The highest BCUT2D eigenvalue weighted by Crippen LogP contribution is 2.33. The van der Waals surface area contributed by atoms with E-state index in [1.54, 1.807) is 18.2 Å². The molecular weight excluding hydrogens is 364 g/mol. The number of benzene rings is 1. The monoisotopic (exact) mass is 386 g/mol. The molecule has 7 heteroatoms. The molecule has 142 valence electrons. The van der Waals surface area contributed by atoms with E-state index in [2.05, 4.69) is 12.2 Å². The number of carbonyl (C=O) groups excluding carboxylic acids is 3. The van der Waals surface area contributed by atoms with Crippen LogP contribution in [0.25, 0.3) is 0 Å². The number of hydrogen-bond acceptors (Lipinski definition) is 5. The Labute approximate surface area is 161 Å². The van der Waals surface area contributed by atoms with Crippen molar-refractivity contribution in [2.45, 2.75) is 32.6 Å². The molecule has 1 atom stereocenters. The van der Waals surface area contributed by atoms with Crippen molar-refractivity contribution in [3.8, 4) is 0 Å². The Bertz CT molecular complexity index is 875. The Morgan fingerprint density at radius 1 is 1.30 bits per heavy atom. The van der Waals surface area contributed by atoms with Crippen LogP contribution < -0.4 is 11.1 Å². The minimum absolute atomic E-state index is 0.202. The van der Waals surface area contributed by atoms with Crippen molar-refractivity contribution in [2.75, 3.05) is 11.9 Å². The summed E-state index contributed by atoms with van der Waals surface area (Å²) in [7, 11) is 0. The summed E-state index contributed by atoms with van der Waals surface area (Å²) in [6, 6.07) is 8.30. The molecule has 1 aromatic carbocycles. The number of nitrogens with one attached hydrogen (secondary N) is 1. The second kappa shape index (κ2) is 8.35. The summed E-state index contributed by atoms with van der Waals surface area (Å²) in [6.07, 6.45) is 4.29. The lowest BCUT2D eigenvalue weighted by Gasteiger charge is -2.19. The van der Waals surface area contributed by atoms with Crippen LogP contribution in [0.4, 0.5) is 5.69 Å². The third-order valence-electron chi connectivity index (χ3n) is 4.76. The number of anilines is 1. The van der Waals surface area contributed by atoms with Crippen molar-refractivity contribution < 1.29 is 19.1 Å². The molecule has 1 aliphatic rings. The van der Waals surface area contributed by atoms with E-state index in [-0.39, 0.29) is 5.56 Å². The van der Waals surface area contributed by atoms with Gasteiger partial charge in [0.2, 0.25) is 0 Å². The van der Waals surface area contributed by atoms with E-state index < -0.39 is 24.4 Å². The van der Waals surface area contributed by atoms with Gasteiger partial charge in [-0.1, -0.05) is 25.5 Å². The topological polar surface area (TPSA) is 98.5 Å². The Morgan fingerprint density at radius 3 is 2.81 bits per heavy atom. The van der Waals surface area contributed by atoms with Gasteiger partial charge in [0.15, 0.2) is 6.61 Å². The predicted molar refractivity (Wildman–Crippen MR) is 104 cm³/mol. The van der Waals surface area contributed by atoms with Crippen molar-refractivity contribution in [2.24, 2.45) is 11.7 Å². The van der Waals surface area contributed by atoms with E-state index in [9.17, 15) is 14.4 Å². The normalized spacial score (nSPS) is 15.7.